The van der Waals surface area contributed by atoms with Gasteiger partial charge in [0.15, 0.2) is 0 Å². The zero-order chi connectivity index (χ0) is 9.26. The van der Waals surface area contributed by atoms with Gasteiger partial charge in [-0.25, -0.2) is 0 Å². The maximum atomic E-state index is 2.72. The summed E-state index contributed by atoms with van der Waals surface area (Å²) in [7, 11) is 0. The molecule has 0 unspecified atom stereocenters. The molecule has 1 heteroatoms. The van der Waals surface area contributed by atoms with Crippen molar-refractivity contribution in [2.24, 2.45) is 11.8 Å². The molecule has 1 saturated carbocycles. The predicted molar refractivity (Wildman–Crippen MR) is 56.8 cm³/mol. The first-order valence-corrected chi connectivity index (χ1v) is 5.99. The summed E-state index contributed by atoms with van der Waals surface area (Å²) in [6.45, 7) is 7.50. The van der Waals surface area contributed by atoms with Crippen molar-refractivity contribution >= 4 is 0 Å². The molecule has 2 aliphatic rings. The molecule has 0 atom stereocenters. The Balaban J connectivity index is 1.66. The monoisotopic (exact) mass is 181 g/mol. The van der Waals surface area contributed by atoms with Gasteiger partial charge in [0.25, 0.3) is 0 Å². The number of rotatable bonds is 3. The first-order chi connectivity index (χ1) is 6.25. The van der Waals surface area contributed by atoms with Crippen molar-refractivity contribution in [1.82, 2.24) is 4.90 Å². The van der Waals surface area contributed by atoms with E-state index in [9.17, 15) is 0 Å². The molecule has 2 rings (SSSR count). The lowest BCUT2D eigenvalue weighted by Gasteiger charge is -2.44. The van der Waals surface area contributed by atoms with Crippen LogP contribution in [0.25, 0.3) is 0 Å². The minimum atomic E-state index is 0.899. The van der Waals surface area contributed by atoms with Gasteiger partial charge in [0.2, 0.25) is 0 Å². The molecule has 0 N–H and O–H groups in total. The van der Waals surface area contributed by atoms with E-state index < -0.39 is 0 Å². The van der Waals surface area contributed by atoms with Crippen LogP contribution in [-0.4, -0.2) is 24.0 Å². The average molecular weight is 181 g/mol. The average Bonchev–Trinajstić information content (AvgIpc) is 2.46. The van der Waals surface area contributed by atoms with E-state index in [1.54, 1.807) is 0 Å². The van der Waals surface area contributed by atoms with Crippen molar-refractivity contribution in [2.45, 2.75) is 52.0 Å². The molecule has 0 radical (unpaired) electrons. The summed E-state index contributed by atoms with van der Waals surface area (Å²) in [4.78, 5) is 2.72. The van der Waals surface area contributed by atoms with Crippen LogP contribution >= 0.6 is 0 Å². The van der Waals surface area contributed by atoms with Crippen molar-refractivity contribution in [3.05, 3.63) is 0 Å². The molecule has 1 aliphatic heterocycles. The first-order valence-electron chi connectivity index (χ1n) is 5.99. The molecule has 1 heterocycles. The normalized spacial score (nSPS) is 27.0. The molecule has 0 spiro atoms. The quantitative estimate of drug-likeness (QED) is 0.647. The third-order valence-electron chi connectivity index (χ3n) is 3.63. The minimum absolute atomic E-state index is 0.899. The van der Waals surface area contributed by atoms with Crippen LogP contribution in [0, 0.1) is 11.8 Å². The fourth-order valence-corrected chi connectivity index (χ4v) is 2.99. The molecule has 2 fully saturated rings. The van der Waals surface area contributed by atoms with Crippen LogP contribution < -0.4 is 0 Å². The molecule has 0 amide bonds. The second-order valence-corrected chi connectivity index (χ2v) is 5.39. The highest BCUT2D eigenvalue weighted by atomic mass is 15.2. The van der Waals surface area contributed by atoms with E-state index in [1.165, 1.54) is 45.2 Å². The summed E-state index contributed by atoms with van der Waals surface area (Å²) in [5.41, 5.74) is 0. The minimum Gasteiger partial charge on any atom is -0.300 e. The van der Waals surface area contributed by atoms with Crippen LogP contribution in [-0.2, 0) is 0 Å². The number of nitrogens with zero attached hydrogens (tertiary/aromatic N) is 1. The van der Waals surface area contributed by atoms with Gasteiger partial charge < -0.3 is 0 Å². The lowest BCUT2D eigenvalue weighted by atomic mass is 9.89. The van der Waals surface area contributed by atoms with E-state index in [1.807, 2.05) is 0 Å². The molecule has 0 aromatic heterocycles. The van der Waals surface area contributed by atoms with Gasteiger partial charge in [-0.15, -0.1) is 0 Å². The van der Waals surface area contributed by atoms with Gasteiger partial charge in [-0.05, 0) is 31.1 Å². The van der Waals surface area contributed by atoms with E-state index in [0.717, 1.165) is 17.9 Å². The Labute approximate surface area is 82.5 Å². The fraction of sp³-hybridized carbons (Fsp3) is 1.00. The molecule has 0 aromatic carbocycles. The Bertz CT molecular complexity index is 153. The molecule has 76 valence electrons. The molecule has 0 aromatic rings. The van der Waals surface area contributed by atoms with Crippen molar-refractivity contribution in [3.63, 3.8) is 0 Å². The molecule has 0 bridgehead atoms. The van der Waals surface area contributed by atoms with Gasteiger partial charge in [-0.2, -0.15) is 0 Å². The lowest BCUT2D eigenvalue weighted by Crippen LogP contribution is -2.51. The highest BCUT2D eigenvalue weighted by Crippen LogP contribution is 2.31. The maximum Gasteiger partial charge on any atom is 0.00955 e. The zero-order valence-corrected chi connectivity index (χ0v) is 9.13. The van der Waals surface area contributed by atoms with Crippen LogP contribution in [0.3, 0.4) is 0 Å². The third-order valence-corrected chi connectivity index (χ3v) is 3.63. The summed E-state index contributed by atoms with van der Waals surface area (Å²) in [5, 5.41) is 0. The molecular weight excluding hydrogens is 158 g/mol. The Morgan fingerprint density at radius 3 is 2.31 bits per heavy atom. The van der Waals surface area contributed by atoms with E-state index in [4.69, 9.17) is 0 Å². The van der Waals surface area contributed by atoms with Gasteiger partial charge >= 0.3 is 0 Å². The SMILES string of the molecule is CC(C)CC1CN(C2CCCC2)C1. The third kappa shape index (κ3) is 2.25. The molecule has 13 heavy (non-hydrogen) atoms. The smallest absolute Gasteiger partial charge is 0.00955 e. The van der Waals surface area contributed by atoms with E-state index in [0.29, 0.717) is 0 Å². The molecule has 1 aliphatic carbocycles. The second kappa shape index (κ2) is 4.00. The largest absolute Gasteiger partial charge is 0.300 e. The highest BCUT2D eigenvalue weighted by Gasteiger charge is 2.33. The summed E-state index contributed by atoms with van der Waals surface area (Å²) >= 11 is 0. The molecular formula is C12H23N. The van der Waals surface area contributed by atoms with Crippen LogP contribution in [0.5, 0.6) is 0 Å². The zero-order valence-electron chi connectivity index (χ0n) is 9.13. The van der Waals surface area contributed by atoms with Gasteiger partial charge in [0.05, 0.1) is 0 Å². The highest BCUT2D eigenvalue weighted by molar-refractivity contribution is 4.87. The number of likely N-dealkylation sites (tertiary alicyclic amines) is 1. The van der Waals surface area contributed by atoms with E-state index in [2.05, 4.69) is 18.7 Å². The first kappa shape index (κ1) is 9.51. The van der Waals surface area contributed by atoms with Crippen LogP contribution in [0.15, 0.2) is 0 Å². The van der Waals surface area contributed by atoms with Gasteiger partial charge in [-0.1, -0.05) is 26.7 Å². The Morgan fingerprint density at radius 2 is 1.77 bits per heavy atom. The van der Waals surface area contributed by atoms with E-state index >= 15 is 0 Å². The number of hydrogen-bond acceptors (Lipinski definition) is 1. The van der Waals surface area contributed by atoms with Crippen LogP contribution in [0.2, 0.25) is 0 Å². The summed E-state index contributed by atoms with van der Waals surface area (Å²) in [6.07, 6.45) is 7.37. The predicted octanol–water partition coefficient (Wildman–Crippen LogP) is 2.91. The second-order valence-electron chi connectivity index (χ2n) is 5.39. The van der Waals surface area contributed by atoms with Crippen molar-refractivity contribution in [1.29, 1.82) is 0 Å². The Hall–Kier alpha value is -0.0400. The Morgan fingerprint density at radius 1 is 1.15 bits per heavy atom. The standard InChI is InChI=1S/C12H23N/c1-10(2)7-11-8-13(9-11)12-5-3-4-6-12/h10-12H,3-9H2,1-2H3. The topological polar surface area (TPSA) is 3.24 Å². The van der Waals surface area contributed by atoms with Crippen molar-refractivity contribution < 1.29 is 0 Å². The summed E-state index contributed by atoms with van der Waals surface area (Å²) in [6, 6.07) is 0.975. The van der Waals surface area contributed by atoms with Gasteiger partial charge in [-0.3, -0.25) is 4.90 Å². The summed E-state index contributed by atoms with van der Waals surface area (Å²) < 4.78 is 0. The van der Waals surface area contributed by atoms with Crippen molar-refractivity contribution in [2.75, 3.05) is 13.1 Å². The van der Waals surface area contributed by atoms with Crippen LogP contribution in [0.4, 0.5) is 0 Å². The number of hydrogen-bond donors (Lipinski definition) is 0. The maximum absolute atomic E-state index is 2.72. The van der Waals surface area contributed by atoms with Crippen molar-refractivity contribution in [3.8, 4) is 0 Å². The summed E-state index contributed by atoms with van der Waals surface area (Å²) in [5.74, 6) is 1.93. The van der Waals surface area contributed by atoms with E-state index in [-0.39, 0.29) is 0 Å². The van der Waals surface area contributed by atoms with Crippen LogP contribution in [0.1, 0.15) is 46.0 Å². The molecule has 1 saturated heterocycles. The molecule has 1 nitrogen and oxygen atoms in total. The van der Waals surface area contributed by atoms with Gasteiger partial charge in [0, 0.05) is 19.1 Å². The van der Waals surface area contributed by atoms with Gasteiger partial charge in [0.1, 0.15) is 0 Å². The Kier molecular flexibility index (Phi) is 2.92. The lowest BCUT2D eigenvalue weighted by molar-refractivity contribution is 0.0439. The fourth-order valence-electron chi connectivity index (χ4n) is 2.99.